The molecule has 28 heavy (non-hydrogen) atoms. The molecule has 1 N–H and O–H groups in total. The highest BCUT2D eigenvalue weighted by Gasteiger charge is 2.21. The fourth-order valence-corrected chi connectivity index (χ4v) is 3.31. The van der Waals surface area contributed by atoms with Crippen molar-refractivity contribution >= 4 is 11.7 Å². The molecule has 0 atom stereocenters. The first-order valence-electron chi connectivity index (χ1n) is 9.35. The largest absolute Gasteiger partial charge is 0.493 e. The molecule has 1 heterocycles. The van der Waals surface area contributed by atoms with E-state index in [0.29, 0.717) is 43.1 Å². The summed E-state index contributed by atoms with van der Waals surface area (Å²) in [4.78, 5) is 16.4. The molecule has 150 valence electrons. The van der Waals surface area contributed by atoms with Gasteiger partial charge in [-0.25, -0.2) is 9.18 Å². The van der Waals surface area contributed by atoms with Crippen molar-refractivity contribution in [2.24, 2.45) is 0 Å². The minimum Gasteiger partial charge on any atom is -0.493 e. The summed E-state index contributed by atoms with van der Waals surface area (Å²) in [6.07, 6.45) is 0.476. The summed E-state index contributed by atoms with van der Waals surface area (Å²) < 4.78 is 24.3. The Morgan fingerprint density at radius 1 is 1.04 bits per heavy atom. The fourth-order valence-electron chi connectivity index (χ4n) is 3.31. The number of hydrogen-bond acceptors (Lipinski definition) is 4. The smallest absolute Gasteiger partial charge is 0.317 e. The van der Waals surface area contributed by atoms with Gasteiger partial charge in [-0.15, -0.1) is 0 Å². The predicted octanol–water partition coefficient (Wildman–Crippen LogP) is 2.92. The Morgan fingerprint density at radius 3 is 2.43 bits per heavy atom. The number of rotatable bonds is 6. The molecule has 0 aromatic heterocycles. The highest BCUT2D eigenvalue weighted by Crippen LogP contribution is 2.31. The number of benzene rings is 2. The lowest BCUT2D eigenvalue weighted by atomic mass is 10.1. The standard InChI is InChI=1S/C21H26FN3O3/c1-27-19-8-7-17(15-20(19)28-2)24-11-13-25(14-12-24)21(26)23-10-9-16-5-3-4-6-18(16)22/h3-8,15H,9-14H2,1-2H3,(H,23,26). The van der Waals surface area contributed by atoms with Crippen LogP contribution in [-0.4, -0.2) is 57.9 Å². The lowest BCUT2D eigenvalue weighted by Gasteiger charge is -2.36. The van der Waals surface area contributed by atoms with Gasteiger partial charge in [0.25, 0.3) is 0 Å². The molecule has 0 saturated carbocycles. The van der Waals surface area contributed by atoms with E-state index in [-0.39, 0.29) is 11.8 Å². The molecule has 1 fully saturated rings. The SMILES string of the molecule is COc1ccc(N2CCN(C(=O)NCCc3ccccc3F)CC2)cc1OC. The van der Waals surface area contributed by atoms with Crippen LogP contribution in [0.25, 0.3) is 0 Å². The molecular weight excluding hydrogens is 361 g/mol. The average molecular weight is 387 g/mol. The topological polar surface area (TPSA) is 54.0 Å². The van der Waals surface area contributed by atoms with E-state index in [9.17, 15) is 9.18 Å². The van der Waals surface area contributed by atoms with Crippen LogP contribution in [0.1, 0.15) is 5.56 Å². The third-order valence-electron chi connectivity index (χ3n) is 4.93. The first kappa shape index (κ1) is 19.8. The van der Waals surface area contributed by atoms with Gasteiger partial charge in [0.2, 0.25) is 0 Å². The molecular formula is C21H26FN3O3. The minimum absolute atomic E-state index is 0.108. The van der Waals surface area contributed by atoms with E-state index in [1.165, 1.54) is 6.07 Å². The molecule has 0 unspecified atom stereocenters. The van der Waals surface area contributed by atoms with Crippen LogP contribution in [-0.2, 0) is 6.42 Å². The number of piperazine rings is 1. The van der Waals surface area contributed by atoms with Gasteiger partial charge in [0, 0.05) is 44.5 Å². The normalized spacial score (nSPS) is 14.0. The van der Waals surface area contributed by atoms with Crippen molar-refractivity contribution in [1.82, 2.24) is 10.2 Å². The molecule has 0 spiro atoms. The van der Waals surface area contributed by atoms with Gasteiger partial charge >= 0.3 is 6.03 Å². The Morgan fingerprint density at radius 2 is 1.75 bits per heavy atom. The van der Waals surface area contributed by atoms with Gasteiger partial charge in [-0.05, 0) is 30.2 Å². The average Bonchev–Trinajstić information content (AvgIpc) is 2.74. The highest BCUT2D eigenvalue weighted by molar-refractivity contribution is 5.74. The van der Waals surface area contributed by atoms with Crippen molar-refractivity contribution < 1.29 is 18.7 Å². The molecule has 1 aliphatic heterocycles. The Kier molecular flexibility index (Phi) is 6.57. The monoisotopic (exact) mass is 387 g/mol. The fraction of sp³-hybridized carbons (Fsp3) is 0.381. The van der Waals surface area contributed by atoms with E-state index in [4.69, 9.17) is 9.47 Å². The van der Waals surface area contributed by atoms with Crippen molar-refractivity contribution in [3.8, 4) is 11.5 Å². The van der Waals surface area contributed by atoms with Crippen molar-refractivity contribution in [1.29, 1.82) is 0 Å². The summed E-state index contributed by atoms with van der Waals surface area (Å²) in [6.45, 7) is 3.13. The molecule has 2 aromatic carbocycles. The van der Waals surface area contributed by atoms with Crippen LogP contribution in [0.3, 0.4) is 0 Å². The lowest BCUT2D eigenvalue weighted by molar-refractivity contribution is 0.194. The second-order valence-corrected chi connectivity index (χ2v) is 6.59. The molecule has 0 radical (unpaired) electrons. The molecule has 1 saturated heterocycles. The van der Waals surface area contributed by atoms with Crippen LogP contribution >= 0.6 is 0 Å². The quantitative estimate of drug-likeness (QED) is 0.828. The molecule has 2 aromatic rings. The van der Waals surface area contributed by atoms with Gasteiger partial charge in [-0.2, -0.15) is 0 Å². The molecule has 2 amide bonds. The van der Waals surface area contributed by atoms with Gasteiger partial charge < -0.3 is 24.6 Å². The van der Waals surface area contributed by atoms with Crippen LogP contribution in [0, 0.1) is 5.82 Å². The van der Waals surface area contributed by atoms with Gasteiger partial charge in [0.1, 0.15) is 5.82 Å². The molecule has 0 bridgehead atoms. The summed E-state index contributed by atoms with van der Waals surface area (Å²) in [5.74, 6) is 1.15. The second kappa shape index (κ2) is 9.30. The number of nitrogens with one attached hydrogen (secondary N) is 1. The number of urea groups is 1. The Hall–Kier alpha value is -2.96. The summed E-state index contributed by atoms with van der Waals surface area (Å²) in [7, 11) is 3.23. The number of ether oxygens (including phenoxy) is 2. The van der Waals surface area contributed by atoms with Crippen molar-refractivity contribution in [2.75, 3.05) is 51.8 Å². The zero-order valence-corrected chi connectivity index (χ0v) is 16.3. The third kappa shape index (κ3) is 4.65. The van der Waals surface area contributed by atoms with Crippen LogP contribution < -0.4 is 19.7 Å². The van der Waals surface area contributed by atoms with Crippen molar-refractivity contribution in [3.63, 3.8) is 0 Å². The summed E-state index contributed by atoms with van der Waals surface area (Å²) in [5, 5.41) is 2.88. The molecule has 6 nitrogen and oxygen atoms in total. The maximum Gasteiger partial charge on any atom is 0.317 e. The minimum atomic E-state index is -0.236. The summed E-state index contributed by atoms with van der Waals surface area (Å²) >= 11 is 0. The zero-order valence-electron chi connectivity index (χ0n) is 16.3. The lowest BCUT2D eigenvalue weighted by Crippen LogP contribution is -2.52. The molecule has 0 aliphatic carbocycles. The maximum atomic E-state index is 13.6. The van der Waals surface area contributed by atoms with Gasteiger partial charge in [-0.1, -0.05) is 18.2 Å². The van der Waals surface area contributed by atoms with Crippen molar-refractivity contribution in [3.05, 3.63) is 53.8 Å². The van der Waals surface area contributed by atoms with E-state index in [0.717, 1.165) is 18.8 Å². The van der Waals surface area contributed by atoms with E-state index < -0.39 is 0 Å². The molecule has 3 rings (SSSR count). The van der Waals surface area contributed by atoms with Gasteiger partial charge in [0.15, 0.2) is 11.5 Å². The number of anilines is 1. The second-order valence-electron chi connectivity index (χ2n) is 6.59. The molecule has 1 aliphatic rings. The number of methoxy groups -OCH3 is 2. The number of hydrogen-bond donors (Lipinski definition) is 1. The Labute approximate surface area is 164 Å². The van der Waals surface area contributed by atoms with Gasteiger partial charge in [-0.3, -0.25) is 0 Å². The predicted molar refractivity (Wildman–Crippen MR) is 107 cm³/mol. The Balaban J connectivity index is 1.48. The van der Waals surface area contributed by atoms with E-state index in [1.807, 2.05) is 18.2 Å². The summed E-state index contributed by atoms with van der Waals surface area (Å²) in [6, 6.07) is 12.4. The van der Waals surface area contributed by atoms with E-state index in [1.54, 1.807) is 37.3 Å². The number of halogens is 1. The number of amides is 2. The van der Waals surface area contributed by atoms with Crippen molar-refractivity contribution in [2.45, 2.75) is 6.42 Å². The van der Waals surface area contributed by atoms with Crippen LogP contribution in [0.4, 0.5) is 14.9 Å². The highest BCUT2D eigenvalue weighted by atomic mass is 19.1. The van der Waals surface area contributed by atoms with Crippen LogP contribution in [0.15, 0.2) is 42.5 Å². The Bertz CT molecular complexity index is 807. The number of carbonyl (C=O) groups is 1. The number of carbonyl (C=O) groups excluding carboxylic acids is 1. The van der Waals surface area contributed by atoms with E-state index in [2.05, 4.69) is 10.2 Å². The zero-order chi connectivity index (χ0) is 19.9. The molecule has 7 heteroatoms. The third-order valence-corrected chi connectivity index (χ3v) is 4.93. The maximum absolute atomic E-state index is 13.6. The van der Waals surface area contributed by atoms with Crippen LogP contribution in [0.5, 0.6) is 11.5 Å². The van der Waals surface area contributed by atoms with Crippen LogP contribution in [0.2, 0.25) is 0 Å². The summed E-state index contributed by atoms with van der Waals surface area (Å²) in [5.41, 5.74) is 1.65. The first-order chi connectivity index (χ1) is 13.6. The van der Waals surface area contributed by atoms with E-state index >= 15 is 0 Å². The first-order valence-corrected chi connectivity index (χ1v) is 9.35. The number of nitrogens with zero attached hydrogens (tertiary/aromatic N) is 2. The van der Waals surface area contributed by atoms with Gasteiger partial charge in [0.05, 0.1) is 14.2 Å².